The van der Waals surface area contributed by atoms with Gasteiger partial charge in [-0.3, -0.25) is 28.8 Å². The van der Waals surface area contributed by atoms with Gasteiger partial charge in [-0.25, -0.2) is 0 Å². The first-order valence-corrected chi connectivity index (χ1v) is 19.3. The number of amides is 4. The van der Waals surface area contributed by atoms with E-state index in [0.29, 0.717) is 27.4 Å². The summed E-state index contributed by atoms with van der Waals surface area (Å²) in [4.78, 5) is 81.6. The highest BCUT2D eigenvalue weighted by Crippen LogP contribution is 2.24. The molecule has 2 aliphatic rings. The molecule has 294 valence electrons. The van der Waals surface area contributed by atoms with Crippen molar-refractivity contribution in [3.63, 3.8) is 0 Å². The number of hydrogen-bond acceptors (Lipinski definition) is 9. The number of halogens is 2. The summed E-state index contributed by atoms with van der Waals surface area (Å²) < 4.78 is 0. The van der Waals surface area contributed by atoms with Crippen molar-refractivity contribution in [3.05, 3.63) is 122 Å². The molecule has 2 aliphatic heterocycles. The van der Waals surface area contributed by atoms with Gasteiger partial charge in [-0.05, 0) is 71.7 Å². The lowest BCUT2D eigenvalue weighted by molar-refractivity contribution is -0.145. The van der Waals surface area contributed by atoms with Gasteiger partial charge < -0.3 is 36.6 Å². The second-order valence-electron chi connectivity index (χ2n) is 13.4. The van der Waals surface area contributed by atoms with Crippen molar-refractivity contribution in [2.24, 2.45) is 5.92 Å². The lowest BCUT2D eigenvalue weighted by Gasteiger charge is -2.27. The first kappa shape index (κ1) is 42.0. The third-order valence-corrected chi connectivity index (χ3v) is 10.8. The van der Waals surface area contributed by atoms with Crippen LogP contribution in [-0.4, -0.2) is 81.0 Å². The Morgan fingerprint density at radius 3 is 2.00 bits per heavy atom. The molecular formula is C40H40Cl2N4O9S. The number of aliphatic carboxylic acids is 1. The van der Waals surface area contributed by atoms with Gasteiger partial charge >= 0.3 is 5.97 Å². The minimum absolute atomic E-state index is 0.0739. The molecular weight excluding hydrogens is 783 g/mol. The van der Waals surface area contributed by atoms with Gasteiger partial charge in [0.15, 0.2) is 18.0 Å². The molecule has 0 saturated carbocycles. The normalized spacial score (nSPS) is 23.0. The van der Waals surface area contributed by atoms with E-state index in [4.69, 9.17) is 23.2 Å². The lowest BCUT2D eigenvalue weighted by atomic mass is 9.90. The summed E-state index contributed by atoms with van der Waals surface area (Å²) in [6.45, 7) is 0. The molecule has 0 spiro atoms. The Morgan fingerprint density at radius 2 is 1.36 bits per heavy atom. The predicted molar refractivity (Wildman–Crippen MR) is 210 cm³/mol. The summed E-state index contributed by atoms with van der Waals surface area (Å²) >= 11 is 13.9. The van der Waals surface area contributed by atoms with Crippen molar-refractivity contribution in [1.29, 1.82) is 0 Å². The average molecular weight is 824 g/mol. The number of aryl methyl sites for hydroxylation is 1. The van der Waals surface area contributed by atoms with Crippen molar-refractivity contribution in [3.8, 4) is 0 Å². The van der Waals surface area contributed by atoms with Gasteiger partial charge in [-0.2, -0.15) is 0 Å². The molecule has 6 rings (SSSR count). The van der Waals surface area contributed by atoms with E-state index in [1.54, 1.807) is 29.6 Å². The molecule has 56 heavy (non-hydrogen) atoms. The SMILES string of the molecule is O=C(O)[C@@H]1CC(=O)[C@@H](CCc2ccccc2)NC(=O)[C@H](Cc2ccc(Cl)cc2Cl)NC(=O)[C@@H](Cc2cccs2)NC(=O)[C@H](O)[C@@H](O)C(=O)Nc2ccc(cc2)C1. The number of Topliss-reactive ketones (excluding diaryl/α,β-unsaturated/α-hetero) is 1. The number of benzene rings is 3. The molecule has 0 aliphatic carbocycles. The van der Waals surface area contributed by atoms with Crippen molar-refractivity contribution in [1.82, 2.24) is 16.0 Å². The summed E-state index contributed by atoms with van der Waals surface area (Å²) in [6.07, 6.45) is -4.90. The van der Waals surface area contributed by atoms with Gasteiger partial charge in [0.1, 0.15) is 12.1 Å². The number of anilines is 1. The maximum absolute atomic E-state index is 14.3. The van der Waals surface area contributed by atoms with E-state index in [-0.39, 0.29) is 36.4 Å². The number of fused-ring (bicyclic) bond motifs is 18. The maximum atomic E-state index is 14.3. The summed E-state index contributed by atoms with van der Waals surface area (Å²) in [5.74, 6) is -7.00. The van der Waals surface area contributed by atoms with E-state index in [1.165, 1.54) is 41.7 Å². The van der Waals surface area contributed by atoms with Gasteiger partial charge in [0.25, 0.3) is 11.8 Å². The third-order valence-electron chi connectivity index (χ3n) is 9.30. The highest BCUT2D eigenvalue weighted by atomic mass is 35.5. The topological polar surface area (TPSA) is 211 Å². The summed E-state index contributed by atoms with van der Waals surface area (Å²) in [7, 11) is 0. The monoisotopic (exact) mass is 822 g/mol. The molecule has 7 N–H and O–H groups in total. The molecule has 13 nitrogen and oxygen atoms in total. The van der Waals surface area contributed by atoms with Crippen molar-refractivity contribution >= 4 is 75.6 Å². The molecule has 4 amide bonds. The number of ketones is 1. The summed E-state index contributed by atoms with van der Waals surface area (Å²) in [5.41, 5.74) is 1.97. The average Bonchev–Trinajstić information content (AvgIpc) is 3.69. The Labute approximate surface area is 336 Å². The fourth-order valence-corrected chi connectivity index (χ4v) is 7.41. The van der Waals surface area contributed by atoms with Crippen LogP contribution in [0.25, 0.3) is 0 Å². The molecule has 3 heterocycles. The smallest absolute Gasteiger partial charge is 0.307 e. The van der Waals surface area contributed by atoms with Gasteiger partial charge in [0.2, 0.25) is 11.8 Å². The molecule has 0 saturated heterocycles. The van der Waals surface area contributed by atoms with E-state index in [0.717, 1.165) is 5.56 Å². The van der Waals surface area contributed by atoms with Crippen molar-refractivity contribution < 1.29 is 44.1 Å². The molecule has 16 heteroatoms. The van der Waals surface area contributed by atoms with E-state index < -0.39 is 78.1 Å². The van der Waals surface area contributed by atoms with Gasteiger partial charge in [-0.15, -0.1) is 11.3 Å². The van der Waals surface area contributed by atoms with Crippen LogP contribution < -0.4 is 21.3 Å². The minimum Gasteiger partial charge on any atom is -0.481 e. The molecule has 1 aromatic heterocycles. The van der Waals surface area contributed by atoms with Gasteiger partial charge in [0, 0.05) is 39.9 Å². The number of rotatable bonds is 8. The van der Waals surface area contributed by atoms with Crippen LogP contribution in [0.1, 0.15) is 34.4 Å². The fourth-order valence-electron chi connectivity index (χ4n) is 6.17. The lowest BCUT2D eigenvalue weighted by Crippen LogP contribution is -2.58. The number of hydrogen-bond donors (Lipinski definition) is 7. The Hall–Kier alpha value is -5.12. The van der Waals surface area contributed by atoms with Gasteiger partial charge in [-0.1, -0.05) is 77.8 Å². The second kappa shape index (κ2) is 19.6. The molecule has 2 bridgehead atoms. The van der Waals surface area contributed by atoms with Crippen LogP contribution in [0.2, 0.25) is 10.0 Å². The van der Waals surface area contributed by atoms with Crippen LogP contribution in [-0.2, 0) is 54.5 Å². The zero-order valence-corrected chi connectivity index (χ0v) is 32.2. The molecule has 0 unspecified atom stereocenters. The third kappa shape index (κ3) is 11.7. The number of nitrogens with one attached hydrogen (secondary N) is 4. The maximum Gasteiger partial charge on any atom is 0.307 e. The highest BCUT2D eigenvalue weighted by molar-refractivity contribution is 7.09. The van der Waals surface area contributed by atoms with Crippen LogP contribution in [0.5, 0.6) is 0 Å². The Kier molecular flexibility index (Phi) is 14.7. The number of carbonyl (C=O) groups is 6. The minimum atomic E-state index is -2.30. The Morgan fingerprint density at radius 1 is 0.714 bits per heavy atom. The van der Waals surface area contributed by atoms with Crippen LogP contribution in [0, 0.1) is 5.92 Å². The quantitative estimate of drug-likeness (QED) is 0.130. The fraction of sp³-hybridized carbons (Fsp3) is 0.300. The summed E-state index contributed by atoms with van der Waals surface area (Å²) in [6, 6.07) is 19.2. The van der Waals surface area contributed by atoms with E-state index in [9.17, 15) is 44.1 Å². The zero-order valence-electron chi connectivity index (χ0n) is 29.8. The highest BCUT2D eigenvalue weighted by Gasteiger charge is 2.36. The first-order valence-electron chi connectivity index (χ1n) is 17.7. The molecule has 6 atom stereocenters. The standard InChI is InChI=1S/C40H40Cl2N4O9S/c41-26-12-11-24(29(42)20-26)18-31-36(50)44-30(15-10-22-5-2-1-3-6-22)33(47)19-25(40(54)55)17-23-8-13-27(14-9-23)43-38(52)34(48)35(49)39(53)46-32(37(51)45-31)21-28-7-4-16-56-28/h1-9,11-14,16,20,25,30-32,34-35,48-49H,10,15,17-19,21H2,(H,43,52)(H,44,50)(H,45,51)(H,46,53)(H,54,55)/t25-,30+,31-,32+,34+,35+/m0/s1. The van der Waals surface area contributed by atoms with Crippen molar-refractivity contribution in [2.45, 2.75) is 68.9 Å². The number of thiophene rings is 1. The first-order chi connectivity index (χ1) is 26.8. The number of aliphatic hydroxyl groups excluding tert-OH is 2. The van der Waals surface area contributed by atoms with Crippen LogP contribution in [0.3, 0.4) is 0 Å². The number of carboxylic acids is 1. The predicted octanol–water partition coefficient (Wildman–Crippen LogP) is 3.50. The van der Waals surface area contributed by atoms with Crippen molar-refractivity contribution in [2.75, 3.05) is 5.32 Å². The van der Waals surface area contributed by atoms with E-state index in [1.807, 2.05) is 30.3 Å². The number of carboxylic acid groups (broad SMARTS) is 1. The van der Waals surface area contributed by atoms with Crippen LogP contribution >= 0.6 is 34.5 Å². The summed E-state index contributed by atoms with van der Waals surface area (Å²) in [5, 5.41) is 44.0. The number of aliphatic hydroxyl groups is 2. The van der Waals surface area contributed by atoms with E-state index in [2.05, 4.69) is 21.3 Å². The Balaban J connectivity index is 1.53. The molecule has 0 fully saturated rings. The second-order valence-corrected chi connectivity index (χ2v) is 15.3. The molecule has 0 radical (unpaired) electrons. The van der Waals surface area contributed by atoms with E-state index >= 15 is 0 Å². The largest absolute Gasteiger partial charge is 0.481 e. The molecule has 3 aromatic carbocycles. The number of carbonyl (C=O) groups excluding carboxylic acids is 5. The zero-order chi connectivity index (χ0) is 40.4. The van der Waals surface area contributed by atoms with Crippen LogP contribution in [0.4, 0.5) is 5.69 Å². The van der Waals surface area contributed by atoms with Gasteiger partial charge in [0.05, 0.1) is 12.0 Å². The molecule has 4 aromatic rings. The van der Waals surface area contributed by atoms with Crippen LogP contribution in [0.15, 0.2) is 90.3 Å². The Bertz CT molecular complexity index is 2030.